The molecule has 1 saturated heterocycles. The Balaban J connectivity index is 1.30. The van der Waals surface area contributed by atoms with E-state index in [4.69, 9.17) is 14.2 Å². The highest BCUT2D eigenvalue weighted by Crippen LogP contribution is 2.32. The van der Waals surface area contributed by atoms with Crippen LogP contribution in [0.1, 0.15) is 35.6 Å². The van der Waals surface area contributed by atoms with Gasteiger partial charge >= 0.3 is 6.01 Å². The third kappa shape index (κ3) is 7.06. The smallest absolute Gasteiger partial charge is 0.318 e. The first-order chi connectivity index (χ1) is 20.8. The molecule has 4 aromatic rings. The highest BCUT2D eigenvalue weighted by molar-refractivity contribution is 7.89. The molecule has 5 rings (SSSR count). The van der Waals surface area contributed by atoms with E-state index in [2.05, 4.69) is 19.9 Å². The Morgan fingerprint density at radius 1 is 0.953 bits per heavy atom. The molecule has 1 aliphatic heterocycles. The Morgan fingerprint density at radius 3 is 2.30 bits per heavy atom. The largest absolute Gasteiger partial charge is 0.497 e. The van der Waals surface area contributed by atoms with Crippen LogP contribution in [-0.4, -0.2) is 67.6 Å². The number of hydrogen-bond acceptors (Lipinski definition) is 9. The van der Waals surface area contributed by atoms with Crippen molar-refractivity contribution in [3.63, 3.8) is 0 Å². The number of anilines is 1. The molecule has 1 unspecified atom stereocenters. The van der Waals surface area contributed by atoms with E-state index >= 15 is 0 Å². The van der Waals surface area contributed by atoms with Crippen LogP contribution in [0, 0.1) is 13.8 Å². The summed E-state index contributed by atoms with van der Waals surface area (Å²) in [6.07, 6.45) is 5.14. The van der Waals surface area contributed by atoms with E-state index in [9.17, 15) is 8.42 Å². The molecule has 1 aliphatic rings. The normalized spacial score (nSPS) is 14.9. The van der Waals surface area contributed by atoms with Crippen LogP contribution in [0.25, 0.3) is 0 Å². The molecule has 43 heavy (non-hydrogen) atoms. The lowest BCUT2D eigenvalue weighted by Crippen LogP contribution is -2.39. The molecule has 10 nitrogen and oxygen atoms in total. The molecule has 2 aromatic carbocycles. The standard InChI is InChI=1S/C32H37N5O5S/c1-23-20-27(40-4)21-24(2)31(23)43(38,39)36(3)28(25-10-6-5-7-11-25)22-41-32-34-17-13-29(35-32)37-18-14-26(15-19-37)42-30-12-8-9-16-33-30/h5-13,16-17,20-21,26,28H,14-15,18-19,22H2,1-4H3. The third-order valence-corrected chi connectivity index (χ3v) is 9.78. The average molecular weight is 604 g/mol. The Bertz CT molecular complexity index is 1590. The van der Waals surface area contributed by atoms with Crippen molar-refractivity contribution >= 4 is 15.8 Å². The predicted molar refractivity (Wildman–Crippen MR) is 164 cm³/mol. The Labute approximate surface area is 253 Å². The van der Waals surface area contributed by atoms with Gasteiger partial charge in [0.05, 0.1) is 18.0 Å². The van der Waals surface area contributed by atoms with Gasteiger partial charge in [-0.3, -0.25) is 0 Å². The summed E-state index contributed by atoms with van der Waals surface area (Å²) < 4.78 is 46.8. The number of methoxy groups -OCH3 is 1. The number of aryl methyl sites for hydroxylation is 2. The summed E-state index contributed by atoms with van der Waals surface area (Å²) in [6, 6.07) is 20.0. The molecule has 0 radical (unpaired) electrons. The Morgan fingerprint density at radius 2 is 1.65 bits per heavy atom. The zero-order valence-electron chi connectivity index (χ0n) is 24.9. The fraction of sp³-hybridized carbons (Fsp3) is 0.344. The van der Waals surface area contributed by atoms with Crippen molar-refractivity contribution in [2.45, 2.75) is 43.7 Å². The number of nitrogens with zero attached hydrogens (tertiary/aromatic N) is 5. The van der Waals surface area contributed by atoms with E-state index in [1.807, 2.05) is 54.6 Å². The number of hydrogen-bond donors (Lipinski definition) is 0. The fourth-order valence-electron chi connectivity index (χ4n) is 5.35. The number of piperidine rings is 1. The van der Waals surface area contributed by atoms with Crippen LogP contribution in [0.15, 0.2) is 84.0 Å². The molecule has 226 valence electrons. The first-order valence-electron chi connectivity index (χ1n) is 14.2. The quantitative estimate of drug-likeness (QED) is 0.234. The van der Waals surface area contributed by atoms with Crippen molar-refractivity contribution in [3.05, 3.63) is 95.8 Å². The number of likely N-dealkylation sites (N-methyl/N-ethyl adjacent to an activating group) is 1. The highest BCUT2D eigenvalue weighted by atomic mass is 32.2. The molecule has 1 fully saturated rings. The van der Waals surface area contributed by atoms with E-state index in [1.165, 1.54) is 4.31 Å². The summed E-state index contributed by atoms with van der Waals surface area (Å²) in [5, 5.41) is 0. The summed E-state index contributed by atoms with van der Waals surface area (Å²) in [5.41, 5.74) is 2.02. The SMILES string of the molecule is COc1cc(C)c(S(=O)(=O)N(C)C(COc2nccc(N3CCC(Oc4ccccn4)CC3)n2)c2ccccc2)c(C)c1. The lowest BCUT2D eigenvalue weighted by atomic mass is 10.1. The molecule has 0 aliphatic carbocycles. The van der Waals surface area contributed by atoms with Crippen molar-refractivity contribution in [3.8, 4) is 17.6 Å². The van der Waals surface area contributed by atoms with Gasteiger partial charge < -0.3 is 19.1 Å². The monoisotopic (exact) mass is 603 g/mol. The molecule has 0 spiro atoms. The van der Waals surface area contributed by atoms with Crippen molar-refractivity contribution in [1.29, 1.82) is 0 Å². The molecular weight excluding hydrogens is 566 g/mol. The number of aromatic nitrogens is 3. The van der Waals surface area contributed by atoms with Crippen LogP contribution in [0.3, 0.4) is 0 Å². The zero-order valence-corrected chi connectivity index (χ0v) is 25.7. The maximum Gasteiger partial charge on any atom is 0.318 e. The van der Waals surface area contributed by atoms with Crippen LogP contribution in [0.4, 0.5) is 5.82 Å². The van der Waals surface area contributed by atoms with Crippen LogP contribution >= 0.6 is 0 Å². The van der Waals surface area contributed by atoms with Crippen molar-refractivity contribution < 1.29 is 22.6 Å². The molecule has 11 heteroatoms. The summed E-state index contributed by atoms with van der Waals surface area (Å²) in [5.74, 6) is 2.00. The summed E-state index contributed by atoms with van der Waals surface area (Å²) in [7, 11) is -0.757. The van der Waals surface area contributed by atoms with Gasteiger partial charge in [0.15, 0.2) is 0 Å². The molecule has 0 bridgehead atoms. The predicted octanol–water partition coefficient (Wildman–Crippen LogP) is 4.99. The Kier molecular flexibility index (Phi) is 9.42. The maximum atomic E-state index is 14.0. The summed E-state index contributed by atoms with van der Waals surface area (Å²) in [6.45, 7) is 5.11. The first kappa shape index (κ1) is 30.2. The molecule has 0 N–H and O–H groups in total. The van der Waals surface area contributed by atoms with Crippen LogP contribution in [0.2, 0.25) is 0 Å². The number of rotatable bonds is 11. The number of pyridine rings is 1. The number of benzene rings is 2. The molecule has 0 saturated carbocycles. The lowest BCUT2D eigenvalue weighted by molar-refractivity contribution is 0.163. The maximum absolute atomic E-state index is 14.0. The molecule has 0 amide bonds. The average Bonchev–Trinajstić information content (AvgIpc) is 3.02. The van der Waals surface area contributed by atoms with Crippen molar-refractivity contribution in [1.82, 2.24) is 19.3 Å². The molecule has 1 atom stereocenters. The zero-order chi connectivity index (χ0) is 30.4. The van der Waals surface area contributed by atoms with Crippen molar-refractivity contribution in [2.24, 2.45) is 0 Å². The van der Waals surface area contributed by atoms with Gasteiger partial charge in [-0.25, -0.2) is 18.4 Å². The minimum Gasteiger partial charge on any atom is -0.497 e. The van der Waals surface area contributed by atoms with E-state index < -0.39 is 16.1 Å². The minimum absolute atomic E-state index is 0.0252. The Hall–Kier alpha value is -4.22. The highest BCUT2D eigenvalue weighted by Gasteiger charge is 2.33. The molecule has 2 aromatic heterocycles. The van der Waals surface area contributed by atoms with E-state index in [-0.39, 0.29) is 23.6 Å². The second kappa shape index (κ2) is 13.4. The van der Waals surface area contributed by atoms with E-state index in [1.54, 1.807) is 52.5 Å². The van der Waals surface area contributed by atoms with Crippen LogP contribution < -0.4 is 19.1 Å². The second-order valence-electron chi connectivity index (χ2n) is 10.5. The molecule has 3 heterocycles. The topological polar surface area (TPSA) is 107 Å². The molecular formula is C32H37N5O5S. The van der Waals surface area contributed by atoms with Gasteiger partial charge in [0.1, 0.15) is 24.3 Å². The minimum atomic E-state index is -3.90. The van der Waals surface area contributed by atoms with Gasteiger partial charge in [-0.05, 0) is 54.8 Å². The van der Waals surface area contributed by atoms with Gasteiger partial charge in [0.2, 0.25) is 15.9 Å². The van der Waals surface area contributed by atoms with Crippen LogP contribution in [-0.2, 0) is 10.0 Å². The van der Waals surface area contributed by atoms with Gasteiger partial charge in [0, 0.05) is 51.4 Å². The lowest BCUT2D eigenvalue weighted by Gasteiger charge is -2.32. The summed E-state index contributed by atoms with van der Waals surface area (Å²) in [4.78, 5) is 15.7. The van der Waals surface area contributed by atoms with Gasteiger partial charge in [0.25, 0.3) is 0 Å². The summed E-state index contributed by atoms with van der Waals surface area (Å²) >= 11 is 0. The first-order valence-corrected chi connectivity index (χ1v) is 15.7. The van der Waals surface area contributed by atoms with Gasteiger partial charge in [-0.1, -0.05) is 36.4 Å². The van der Waals surface area contributed by atoms with Gasteiger partial charge in [-0.2, -0.15) is 9.29 Å². The fourth-order valence-corrected chi connectivity index (χ4v) is 7.09. The van der Waals surface area contributed by atoms with E-state index in [0.717, 1.165) is 37.3 Å². The van der Waals surface area contributed by atoms with Crippen molar-refractivity contribution in [2.75, 3.05) is 38.8 Å². The third-order valence-electron chi connectivity index (χ3n) is 7.61. The number of ether oxygens (including phenoxy) is 3. The second-order valence-corrected chi connectivity index (χ2v) is 12.5. The van der Waals surface area contributed by atoms with Crippen LogP contribution in [0.5, 0.6) is 17.6 Å². The number of sulfonamides is 1. The van der Waals surface area contributed by atoms with Gasteiger partial charge in [-0.15, -0.1) is 0 Å². The van der Waals surface area contributed by atoms with E-state index in [0.29, 0.717) is 22.8 Å².